The number of alkyl carbamates (subject to hydrolysis) is 1. The van der Waals surface area contributed by atoms with Crippen molar-refractivity contribution in [3.63, 3.8) is 0 Å². The zero-order valence-electron chi connectivity index (χ0n) is 28.5. The van der Waals surface area contributed by atoms with E-state index < -0.39 is 65.1 Å². The summed E-state index contributed by atoms with van der Waals surface area (Å²) in [4.78, 5) is 28.5. The number of nitrogens with one attached hydrogen (secondary N) is 1. The third-order valence-electron chi connectivity index (χ3n) is 8.57. The summed E-state index contributed by atoms with van der Waals surface area (Å²) in [5, 5.41) is 12.6. The lowest BCUT2D eigenvalue weighted by Gasteiger charge is -2.53. The Hall–Kier alpha value is -4.77. The minimum absolute atomic E-state index is 0.0397. The summed E-state index contributed by atoms with van der Waals surface area (Å²) in [5.74, 6) is 0. The summed E-state index contributed by atoms with van der Waals surface area (Å²) in [6.07, 6.45) is -13.2. The standard InChI is InChI=1S/C37H39F6N3O5/c1-25(27-19-29(36(38,39)40)21-30(20-27)37(41,42)43)50-24-35(28-13-9-6-10-14-28)16-15-34(17-18-44,45-31(47)51-33(2,3)4)23-46(35)32(48)49-22-26-11-7-5-8-12-26/h5-14,19-21,25H,15-17,22-24H2,1-4H3,(H,45,47)/t25-,34?,35-/m1/s1. The maximum absolute atomic E-state index is 14.2. The van der Waals surface area contributed by atoms with Gasteiger partial charge in [0, 0.05) is 6.54 Å². The topological polar surface area (TPSA) is 101 Å². The minimum Gasteiger partial charge on any atom is -0.445 e. The Bertz CT molecular complexity index is 1670. The van der Waals surface area contributed by atoms with Crippen molar-refractivity contribution in [3.8, 4) is 6.07 Å². The molecule has 14 heteroatoms. The molecule has 4 rings (SSSR count). The van der Waals surface area contributed by atoms with E-state index in [0.29, 0.717) is 23.3 Å². The first-order chi connectivity index (χ1) is 23.8. The number of alkyl halides is 6. The van der Waals surface area contributed by atoms with Gasteiger partial charge < -0.3 is 19.5 Å². The predicted molar refractivity (Wildman–Crippen MR) is 174 cm³/mol. The average molecular weight is 720 g/mol. The molecule has 274 valence electrons. The molecule has 0 spiro atoms. The molecule has 1 N–H and O–H groups in total. The van der Waals surface area contributed by atoms with Crippen LogP contribution in [0.4, 0.5) is 35.9 Å². The quantitative estimate of drug-likeness (QED) is 0.221. The Labute approximate surface area is 292 Å². The number of ether oxygens (including phenoxy) is 3. The molecular weight excluding hydrogens is 680 g/mol. The van der Waals surface area contributed by atoms with E-state index in [4.69, 9.17) is 14.2 Å². The van der Waals surface area contributed by atoms with E-state index in [-0.39, 0.29) is 44.0 Å². The van der Waals surface area contributed by atoms with Crippen LogP contribution in [0.15, 0.2) is 78.9 Å². The van der Waals surface area contributed by atoms with Crippen LogP contribution in [0, 0.1) is 11.3 Å². The highest BCUT2D eigenvalue weighted by molar-refractivity contribution is 5.72. The number of carbonyl (C=O) groups is 2. The molecule has 51 heavy (non-hydrogen) atoms. The summed E-state index contributed by atoms with van der Waals surface area (Å²) in [7, 11) is 0. The molecule has 1 aliphatic heterocycles. The number of amides is 2. The summed E-state index contributed by atoms with van der Waals surface area (Å²) in [6, 6.07) is 20.6. The number of hydrogen-bond donors (Lipinski definition) is 1. The van der Waals surface area contributed by atoms with Gasteiger partial charge in [-0.2, -0.15) is 31.6 Å². The van der Waals surface area contributed by atoms with Gasteiger partial charge in [-0.3, -0.25) is 4.90 Å². The molecule has 1 heterocycles. The van der Waals surface area contributed by atoms with Crippen LogP contribution in [0.2, 0.25) is 0 Å². The number of carbonyl (C=O) groups excluding carboxylic acids is 2. The second-order valence-corrected chi connectivity index (χ2v) is 13.6. The number of nitriles is 1. The molecule has 0 bridgehead atoms. The lowest BCUT2D eigenvalue weighted by Crippen LogP contribution is -2.67. The third kappa shape index (κ3) is 9.94. The number of likely N-dealkylation sites (tertiary alicyclic amines) is 1. The van der Waals surface area contributed by atoms with Gasteiger partial charge in [0.05, 0.1) is 47.4 Å². The number of nitrogens with zero attached hydrogens (tertiary/aromatic N) is 2. The fraction of sp³-hybridized carbons (Fsp3) is 0.432. The first-order valence-corrected chi connectivity index (χ1v) is 16.1. The van der Waals surface area contributed by atoms with Crippen molar-refractivity contribution in [1.29, 1.82) is 5.26 Å². The third-order valence-corrected chi connectivity index (χ3v) is 8.57. The first kappa shape index (κ1) is 39.0. The van der Waals surface area contributed by atoms with Gasteiger partial charge in [0.2, 0.25) is 0 Å². The van der Waals surface area contributed by atoms with Gasteiger partial charge in [-0.15, -0.1) is 0 Å². The maximum Gasteiger partial charge on any atom is 0.416 e. The second kappa shape index (κ2) is 15.2. The molecule has 3 atom stereocenters. The Morgan fingerprint density at radius 1 is 0.902 bits per heavy atom. The van der Waals surface area contributed by atoms with E-state index in [0.717, 1.165) is 0 Å². The van der Waals surface area contributed by atoms with E-state index in [1.165, 1.54) is 11.8 Å². The smallest absolute Gasteiger partial charge is 0.416 e. The average Bonchev–Trinajstić information content (AvgIpc) is 3.05. The normalized spacial score (nSPS) is 20.2. The molecule has 1 fully saturated rings. The van der Waals surface area contributed by atoms with E-state index in [2.05, 4.69) is 11.4 Å². The van der Waals surface area contributed by atoms with E-state index in [1.807, 2.05) is 0 Å². The minimum atomic E-state index is -5.06. The Balaban J connectivity index is 1.77. The Morgan fingerprint density at radius 2 is 1.47 bits per heavy atom. The van der Waals surface area contributed by atoms with Crippen molar-refractivity contribution < 1.29 is 50.1 Å². The summed E-state index contributed by atoms with van der Waals surface area (Å²) in [6.45, 7) is 5.50. The number of piperidine rings is 1. The van der Waals surface area contributed by atoms with Gasteiger partial charge in [-0.05, 0) is 75.4 Å². The van der Waals surface area contributed by atoms with Gasteiger partial charge in [-0.25, -0.2) is 9.59 Å². The van der Waals surface area contributed by atoms with E-state index >= 15 is 0 Å². The molecule has 0 radical (unpaired) electrons. The SMILES string of the molecule is C[C@@H](OC[C@@]1(c2ccccc2)CCC(CC#N)(NC(=O)OC(C)(C)C)CN1C(=O)OCc1ccccc1)c1cc(C(F)(F)F)cc(C(F)(F)F)c1. The number of hydrogen-bond acceptors (Lipinski definition) is 6. The zero-order chi connectivity index (χ0) is 37.7. The van der Waals surface area contributed by atoms with Crippen LogP contribution in [0.1, 0.15) is 80.9 Å². The predicted octanol–water partition coefficient (Wildman–Crippen LogP) is 9.31. The molecule has 3 aromatic rings. The van der Waals surface area contributed by atoms with Crippen LogP contribution in [0.5, 0.6) is 0 Å². The van der Waals surface area contributed by atoms with Crippen LogP contribution in [-0.4, -0.2) is 41.4 Å². The van der Waals surface area contributed by atoms with Crippen molar-refractivity contribution in [3.05, 3.63) is 107 Å². The summed E-state index contributed by atoms with van der Waals surface area (Å²) < 4.78 is 99.4. The molecule has 3 aromatic carbocycles. The number of benzene rings is 3. The van der Waals surface area contributed by atoms with Crippen LogP contribution in [0.3, 0.4) is 0 Å². The molecule has 1 aliphatic rings. The maximum atomic E-state index is 14.2. The van der Waals surface area contributed by atoms with Gasteiger partial charge in [-0.1, -0.05) is 60.7 Å². The lowest BCUT2D eigenvalue weighted by molar-refractivity contribution is -0.143. The van der Waals surface area contributed by atoms with Crippen LogP contribution in [-0.2, 0) is 38.7 Å². The van der Waals surface area contributed by atoms with E-state index in [1.54, 1.807) is 81.4 Å². The van der Waals surface area contributed by atoms with Gasteiger partial charge >= 0.3 is 24.5 Å². The van der Waals surface area contributed by atoms with E-state index in [9.17, 15) is 41.2 Å². The molecule has 2 amide bonds. The van der Waals surface area contributed by atoms with Crippen LogP contribution < -0.4 is 5.32 Å². The molecule has 0 aliphatic carbocycles. The van der Waals surface area contributed by atoms with Gasteiger partial charge in [0.1, 0.15) is 12.2 Å². The molecule has 1 saturated heterocycles. The molecule has 0 saturated carbocycles. The summed E-state index contributed by atoms with van der Waals surface area (Å²) >= 11 is 0. The molecule has 0 aromatic heterocycles. The number of halogens is 6. The van der Waals surface area contributed by atoms with Crippen LogP contribution in [0.25, 0.3) is 0 Å². The Kier molecular flexibility index (Phi) is 11.7. The largest absolute Gasteiger partial charge is 0.445 e. The lowest BCUT2D eigenvalue weighted by atomic mass is 9.73. The molecule has 1 unspecified atom stereocenters. The monoisotopic (exact) mass is 719 g/mol. The Morgan fingerprint density at radius 3 is 2.00 bits per heavy atom. The second-order valence-electron chi connectivity index (χ2n) is 13.6. The van der Waals surface area contributed by atoms with Gasteiger partial charge in [0.25, 0.3) is 0 Å². The van der Waals surface area contributed by atoms with Crippen LogP contribution >= 0.6 is 0 Å². The van der Waals surface area contributed by atoms with Gasteiger partial charge in [0.15, 0.2) is 0 Å². The highest BCUT2D eigenvalue weighted by Crippen LogP contribution is 2.44. The summed E-state index contributed by atoms with van der Waals surface area (Å²) in [5.41, 5.74) is -5.78. The zero-order valence-corrected chi connectivity index (χ0v) is 28.5. The highest BCUT2D eigenvalue weighted by Gasteiger charge is 2.53. The first-order valence-electron chi connectivity index (χ1n) is 16.1. The van der Waals surface area contributed by atoms with Crippen molar-refractivity contribution >= 4 is 12.2 Å². The van der Waals surface area contributed by atoms with Crippen molar-refractivity contribution in [2.75, 3.05) is 13.2 Å². The van der Waals surface area contributed by atoms with Crippen molar-refractivity contribution in [1.82, 2.24) is 10.2 Å². The van der Waals surface area contributed by atoms with Crippen molar-refractivity contribution in [2.24, 2.45) is 0 Å². The molecular formula is C37H39F6N3O5. The fourth-order valence-corrected chi connectivity index (χ4v) is 5.97. The highest BCUT2D eigenvalue weighted by atomic mass is 19.4. The molecule has 8 nitrogen and oxygen atoms in total. The fourth-order valence-electron chi connectivity index (χ4n) is 5.97. The number of rotatable bonds is 9. The van der Waals surface area contributed by atoms with Crippen molar-refractivity contribution in [2.45, 2.75) is 88.7 Å².